The summed E-state index contributed by atoms with van der Waals surface area (Å²) >= 11 is 6.43. The molecule has 9 heteroatoms. The first-order valence-electron chi connectivity index (χ1n) is 10.2. The summed E-state index contributed by atoms with van der Waals surface area (Å²) < 4.78 is 5.83. The van der Waals surface area contributed by atoms with E-state index in [4.69, 9.17) is 17.0 Å². The largest absolute Gasteiger partial charge is 0.494 e. The minimum Gasteiger partial charge on any atom is -0.494 e. The highest BCUT2D eigenvalue weighted by Gasteiger charge is 2.41. The molecule has 0 atom stereocenters. The molecule has 0 spiro atoms. The molecule has 0 unspecified atom stereocenters. The maximum Gasteiger partial charge on any atom is 0.266 e. The number of thiocarbonyl (C=S) groups is 1. The molecular weight excluding hydrogens is 446 g/mol. The first-order chi connectivity index (χ1) is 15.4. The van der Waals surface area contributed by atoms with E-state index in [1.165, 1.54) is 9.80 Å². The van der Waals surface area contributed by atoms with Gasteiger partial charge in [-0.2, -0.15) is 0 Å². The highest BCUT2D eigenvalue weighted by Crippen LogP contribution is 2.44. The third-order valence-corrected chi connectivity index (χ3v) is 6.51. The normalized spacial score (nSPS) is 17.8. The van der Waals surface area contributed by atoms with Gasteiger partial charge in [-0.25, -0.2) is 0 Å². The van der Waals surface area contributed by atoms with E-state index in [9.17, 15) is 14.4 Å². The van der Waals surface area contributed by atoms with Crippen LogP contribution >= 0.6 is 24.0 Å². The molecule has 0 aromatic heterocycles. The van der Waals surface area contributed by atoms with Crippen LogP contribution in [-0.2, 0) is 14.4 Å². The molecule has 3 amide bonds. The summed E-state index contributed by atoms with van der Waals surface area (Å²) in [6, 6.07) is 14.2. The van der Waals surface area contributed by atoms with Gasteiger partial charge in [-0.3, -0.25) is 24.2 Å². The number of thioether (sulfide) groups is 1. The lowest BCUT2D eigenvalue weighted by Crippen LogP contribution is -2.35. The molecule has 2 heterocycles. The molecule has 0 saturated carbocycles. The predicted molar refractivity (Wildman–Crippen MR) is 130 cm³/mol. The van der Waals surface area contributed by atoms with Crippen molar-refractivity contribution in [2.24, 2.45) is 0 Å². The van der Waals surface area contributed by atoms with Crippen LogP contribution in [0.15, 0.2) is 53.4 Å². The quantitative estimate of drug-likeness (QED) is 0.516. The zero-order chi connectivity index (χ0) is 22.8. The molecule has 1 saturated heterocycles. The maximum atomic E-state index is 13.3. The zero-order valence-corrected chi connectivity index (χ0v) is 19.2. The van der Waals surface area contributed by atoms with Crippen molar-refractivity contribution in [3.8, 4) is 5.75 Å². The molecule has 0 aliphatic carbocycles. The number of benzene rings is 2. The van der Waals surface area contributed by atoms with Crippen LogP contribution in [0.3, 0.4) is 0 Å². The van der Waals surface area contributed by atoms with Crippen molar-refractivity contribution in [3.05, 3.63) is 59.0 Å². The number of nitrogens with zero attached hydrogens (tertiary/aromatic N) is 2. The molecule has 0 radical (unpaired) electrons. The number of hydrogen-bond donors (Lipinski definition) is 1. The number of carbonyl (C=O) groups is 3. The van der Waals surface area contributed by atoms with Crippen LogP contribution in [0.2, 0.25) is 0 Å². The van der Waals surface area contributed by atoms with E-state index in [1.54, 1.807) is 48.5 Å². The van der Waals surface area contributed by atoms with Crippen molar-refractivity contribution >= 4 is 63.0 Å². The number of ether oxygens (including phenoxy) is 1. The number of nitrogens with one attached hydrogen (secondary N) is 1. The van der Waals surface area contributed by atoms with Crippen LogP contribution in [-0.4, -0.2) is 46.6 Å². The second-order valence-electron chi connectivity index (χ2n) is 7.04. The standard InChI is InChI=1S/C23H21N3O4S2/c1-3-25-22(29)20(32-23(25)31)19-16-7-5-6-8-17(16)26(21(19)28)13-18(27)24-14-9-11-15(12-10-14)30-4-2/h5-12H,3-4,13H2,1-2H3,(H,24,27)/b20-19-. The number of carbonyl (C=O) groups excluding carboxylic acids is 3. The summed E-state index contributed by atoms with van der Waals surface area (Å²) in [7, 11) is 0. The van der Waals surface area contributed by atoms with Crippen LogP contribution < -0.4 is 15.0 Å². The summed E-state index contributed by atoms with van der Waals surface area (Å²) in [6.07, 6.45) is 0. The van der Waals surface area contributed by atoms with Gasteiger partial charge in [0.1, 0.15) is 16.6 Å². The Morgan fingerprint density at radius 1 is 1.03 bits per heavy atom. The number of para-hydroxylation sites is 1. The molecular formula is C23H21N3O4S2. The highest BCUT2D eigenvalue weighted by atomic mass is 32.2. The van der Waals surface area contributed by atoms with E-state index in [0.29, 0.717) is 50.6 Å². The minimum absolute atomic E-state index is 0.180. The van der Waals surface area contributed by atoms with Crippen molar-refractivity contribution < 1.29 is 19.1 Å². The molecule has 1 fully saturated rings. The van der Waals surface area contributed by atoms with E-state index < -0.39 is 0 Å². The Kier molecular flexibility index (Phi) is 6.29. The maximum absolute atomic E-state index is 13.3. The lowest BCUT2D eigenvalue weighted by atomic mass is 10.1. The minimum atomic E-state index is -0.385. The van der Waals surface area contributed by atoms with Gasteiger partial charge in [0.05, 0.1) is 22.8 Å². The van der Waals surface area contributed by atoms with Crippen LogP contribution in [0.1, 0.15) is 19.4 Å². The fourth-order valence-electron chi connectivity index (χ4n) is 3.62. The third-order valence-electron chi connectivity index (χ3n) is 5.07. The van der Waals surface area contributed by atoms with Crippen LogP contribution in [0.5, 0.6) is 5.75 Å². The van der Waals surface area contributed by atoms with Crippen molar-refractivity contribution in [2.45, 2.75) is 13.8 Å². The van der Waals surface area contributed by atoms with Gasteiger partial charge in [0.2, 0.25) is 5.91 Å². The summed E-state index contributed by atoms with van der Waals surface area (Å²) in [5.41, 5.74) is 2.12. The summed E-state index contributed by atoms with van der Waals surface area (Å²) in [6.45, 7) is 4.54. The second kappa shape index (κ2) is 9.13. The molecule has 164 valence electrons. The molecule has 4 rings (SSSR count). The molecule has 2 aromatic rings. The SMILES string of the molecule is CCOc1ccc(NC(=O)CN2C(=O)/C(=C3\SC(=S)N(CC)C3=O)c3ccccc32)cc1. The second-order valence-corrected chi connectivity index (χ2v) is 8.68. The Morgan fingerprint density at radius 2 is 1.75 bits per heavy atom. The average Bonchev–Trinajstić information content (AvgIpc) is 3.21. The van der Waals surface area contributed by atoms with E-state index in [2.05, 4.69) is 5.32 Å². The van der Waals surface area contributed by atoms with E-state index >= 15 is 0 Å². The van der Waals surface area contributed by atoms with Crippen molar-refractivity contribution in [1.82, 2.24) is 4.90 Å². The number of likely N-dealkylation sites (N-methyl/N-ethyl adjacent to an activating group) is 1. The summed E-state index contributed by atoms with van der Waals surface area (Å²) in [4.78, 5) is 42.1. The smallest absolute Gasteiger partial charge is 0.266 e. The first kappa shape index (κ1) is 22.0. The monoisotopic (exact) mass is 467 g/mol. The van der Waals surface area contributed by atoms with Crippen LogP contribution in [0, 0.1) is 0 Å². The molecule has 0 bridgehead atoms. The van der Waals surface area contributed by atoms with Crippen LogP contribution in [0.4, 0.5) is 11.4 Å². The van der Waals surface area contributed by atoms with E-state index in [-0.39, 0.29) is 24.3 Å². The van der Waals surface area contributed by atoms with Crippen molar-refractivity contribution in [2.75, 3.05) is 29.9 Å². The molecule has 2 aliphatic heterocycles. The fraction of sp³-hybridized carbons (Fsp3) is 0.217. The van der Waals surface area contributed by atoms with E-state index in [0.717, 1.165) is 11.8 Å². The summed E-state index contributed by atoms with van der Waals surface area (Å²) in [5, 5.41) is 2.80. The number of rotatable bonds is 6. The number of amides is 3. The average molecular weight is 468 g/mol. The van der Waals surface area contributed by atoms with Gasteiger partial charge in [0.25, 0.3) is 11.8 Å². The Morgan fingerprint density at radius 3 is 2.41 bits per heavy atom. The molecule has 32 heavy (non-hydrogen) atoms. The van der Waals surface area contributed by atoms with Crippen LogP contribution in [0.25, 0.3) is 5.57 Å². The van der Waals surface area contributed by atoms with Gasteiger partial charge in [-0.15, -0.1) is 0 Å². The topological polar surface area (TPSA) is 79.0 Å². The number of fused-ring (bicyclic) bond motifs is 1. The van der Waals surface area contributed by atoms with Gasteiger partial charge < -0.3 is 10.1 Å². The summed E-state index contributed by atoms with van der Waals surface area (Å²) in [5.74, 6) is -0.297. The number of hydrogen-bond acceptors (Lipinski definition) is 6. The predicted octanol–water partition coefficient (Wildman–Crippen LogP) is 3.66. The van der Waals surface area contributed by atoms with Gasteiger partial charge in [0, 0.05) is 17.8 Å². The fourth-order valence-corrected chi connectivity index (χ4v) is 5.08. The zero-order valence-electron chi connectivity index (χ0n) is 17.6. The number of anilines is 2. The van der Waals surface area contributed by atoms with E-state index in [1.807, 2.05) is 13.8 Å². The Hall–Kier alpha value is -3.17. The molecule has 2 aliphatic rings. The Labute approximate surface area is 195 Å². The molecule has 1 N–H and O–H groups in total. The molecule has 2 aromatic carbocycles. The van der Waals surface area contributed by atoms with Crippen molar-refractivity contribution in [1.29, 1.82) is 0 Å². The van der Waals surface area contributed by atoms with Crippen molar-refractivity contribution in [3.63, 3.8) is 0 Å². The lowest BCUT2D eigenvalue weighted by molar-refractivity contribution is -0.122. The third kappa shape index (κ3) is 4.01. The first-order valence-corrected chi connectivity index (χ1v) is 11.4. The Balaban J connectivity index is 1.58. The lowest BCUT2D eigenvalue weighted by Gasteiger charge is -2.17. The van der Waals surface area contributed by atoms with Gasteiger partial charge in [-0.05, 0) is 44.2 Å². The Bertz CT molecular complexity index is 1140. The van der Waals surface area contributed by atoms with Gasteiger partial charge >= 0.3 is 0 Å². The van der Waals surface area contributed by atoms with Gasteiger partial charge in [0.15, 0.2) is 0 Å². The van der Waals surface area contributed by atoms with Gasteiger partial charge in [-0.1, -0.05) is 42.2 Å². The molecule has 7 nitrogen and oxygen atoms in total. The highest BCUT2D eigenvalue weighted by molar-refractivity contribution is 8.26.